The van der Waals surface area contributed by atoms with Crippen LogP contribution in [-0.4, -0.2) is 27.1 Å². The molecule has 1 aromatic carbocycles. The second-order valence-corrected chi connectivity index (χ2v) is 7.18. The number of amides is 1. The molecule has 0 aliphatic rings. The van der Waals surface area contributed by atoms with Gasteiger partial charge in [-0.15, -0.1) is 0 Å². The second-order valence-electron chi connectivity index (χ2n) is 5.27. The fraction of sp³-hybridized carbons (Fsp3) is 0.312. The average molecular weight is 354 g/mol. The predicted molar refractivity (Wildman–Crippen MR) is 88.4 cm³/mol. The summed E-state index contributed by atoms with van der Waals surface area (Å²) < 4.78 is 43.0. The van der Waals surface area contributed by atoms with Crippen molar-refractivity contribution in [3.63, 3.8) is 0 Å². The molecule has 0 unspecified atom stereocenters. The monoisotopic (exact) mass is 354 g/mol. The summed E-state index contributed by atoms with van der Waals surface area (Å²) in [6.07, 6.45) is 3.11. The Labute approximate surface area is 140 Å². The first-order chi connectivity index (χ1) is 11.4. The number of anilines is 1. The van der Waals surface area contributed by atoms with Crippen LogP contribution in [0.4, 0.5) is 10.1 Å². The van der Waals surface area contributed by atoms with Gasteiger partial charge in [-0.2, -0.15) is 0 Å². The molecule has 0 atom stereocenters. The Morgan fingerprint density at radius 3 is 2.54 bits per heavy atom. The van der Waals surface area contributed by atoms with Crippen LogP contribution in [0.2, 0.25) is 0 Å². The van der Waals surface area contributed by atoms with Crippen LogP contribution < -0.4 is 9.62 Å². The van der Waals surface area contributed by atoms with Crippen molar-refractivity contribution in [1.29, 1.82) is 0 Å². The molecule has 0 saturated heterocycles. The van der Waals surface area contributed by atoms with Crippen LogP contribution in [0.5, 0.6) is 0 Å². The zero-order valence-electron chi connectivity index (χ0n) is 13.2. The summed E-state index contributed by atoms with van der Waals surface area (Å²) in [4.78, 5) is 11.8. The van der Waals surface area contributed by atoms with Gasteiger partial charge < -0.3 is 9.73 Å². The third-order valence-electron chi connectivity index (χ3n) is 3.32. The highest BCUT2D eigenvalue weighted by Crippen LogP contribution is 2.18. The van der Waals surface area contributed by atoms with E-state index in [1.165, 1.54) is 30.5 Å². The van der Waals surface area contributed by atoms with Crippen LogP contribution in [0, 0.1) is 5.82 Å². The Morgan fingerprint density at radius 1 is 1.25 bits per heavy atom. The molecule has 0 bridgehead atoms. The van der Waals surface area contributed by atoms with E-state index in [0.717, 1.165) is 10.6 Å². The molecule has 0 aliphatic carbocycles. The maximum Gasteiger partial charge on any atom is 0.232 e. The molecular weight excluding hydrogens is 335 g/mol. The Hall–Kier alpha value is -2.35. The molecule has 1 N–H and O–H groups in total. The van der Waals surface area contributed by atoms with Crippen molar-refractivity contribution in [3.8, 4) is 0 Å². The standard InChI is InChI=1S/C16H19FN2O4S/c1-24(21,22)19(14-8-6-13(17)7-9-14)10-2-5-16(20)18-12-15-4-3-11-23-15/h3-4,6-9,11H,2,5,10,12H2,1H3,(H,18,20). The SMILES string of the molecule is CS(=O)(=O)N(CCCC(=O)NCc1ccco1)c1ccc(F)cc1. The Morgan fingerprint density at radius 2 is 1.96 bits per heavy atom. The van der Waals surface area contributed by atoms with Crippen molar-refractivity contribution in [2.24, 2.45) is 0 Å². The third kappa shape index (κ3) is 5.38. The molecule has 24 heavy (non-hydrogen) atoms. The summed E-state index contributed by atoms with van der Waals surface area (Å²) >= 11 is 0. The molecule has 1 amide bonds. The maximum atomic E-state index is 13.0. The molecule has 2 aromatic rings. The molecule has 0 aliphatic heterocycles. The van der Waals surface area contributed by atoms with Crippen LogP contribution in [0.15, 0.2) is 47.1 Å². The van der Waals surface area contributed by atoms with E-state index in [0.29, 0.717) is 24.4 Å². The first kappa shape index (κ1) is 18.0. The van der Waals surface area contributed by atoms with Crippen LogP contribution in [0.25, 0.3) is 0 Å². The largest absolute Gasteiger partial charge is 0.467 e. The number of sulfonamides is 1. The van der Waals surface area contributed by atoms with E-state index in [2.05, 4.69) is 5.32 Å². The van der Waals surface area contributed by atoms with E-state index < -0.39 is 15.8 Å². The highest BCUT2D eigenvalue weighted by Gasteiger charge is 2.17. The molecule has 2 rings (SSSR count). The number of halogens is 1. The number of hydrogen-bond donors (Lipinski definition) is 1. The first-order valence-corrected chi connectivity index (χ1v) is 9.23. The number of nitrogens with one attached hydrogen (secondary N) is 1. The molecule has 130 valence electrons. The summed E-state index contributed by atoms with van der Waals surface area (Å²) in [6, 6.07) is 8.67. The van der Waals surface area contributed by atoms with Gasteiger partial charge in [-0.25, -0.2) is 12.8 Å². The number of carbonyl (C=O) groups is 1. The van der Waals surface area contributed by atoms with Crippen molar-refractivity contribution in [3.05, 3.63) is 54.2 Å². The lowest BCUT2D eigenvalue weighted by Gasteiger charge is -2.22. The van der Waals surface area contributed by atoms with Crippen LogP contribution in [0.3, 0.4) is 0 Å². The summed E-state index contributed by atoms with van der Waals surface area (Å²) in [7, 11) is -3.51. The molecular formula is C16H19FN2O4S. The molecule has 6 nitrogen and oxygen atoms in total. The molecule has 8 heteroatoms. The smallest absolute Gasteiger partial charge is 0.232 e. The Balaban J connectivity index is 1.87. The molecule has 0 radical (unpaired) electrons. The minimum Gasteiger partial charge on any atom is -0.467 e. The number of hydrogen-bond acceptors (Lipinski definition) is 4. The number of benzene rings is 1. The van der Waals surface area contributed by atoms with Gasteiger partial charge in [0.05, 0.1) is 24.8 Å². The van der Waals surface area contributed by atoms with Crippen molar-refractivity contribution in [1.82, 2.24) is 5.32 Å². The molecule has 1 aromatic heterocycles. The summed E-state index contributed by atoms with van der Waals surface area (Å²) in [6.45, 7) is 0.429. The minimum atomic E-state index is -3.51. The zero-order chi connectivity index (χ0) is 17.6. The fourth-order valence-corrected chi connectivity index (χ4v) is 3.13. The van der Waals surface area contributed by atoms with Gasteiger partial charge in [-0.3, -0.25) is 9.10 Å². The normalized spacial score (nSPS) is 11.2. The van der Waals surface area contributed by atoms with Crippen molar-refractivity contribution in [2.45, 2.75) is 19.4 Å². The first-order valence-electron chi connectivity index (χ1n) is 7.38. The number of furan rings is 1. The lowest BCUT2D eigenvalue weighted by atomic mass is 10.2. The lowest BCUT2D eigenvalue weighted by Crippen LogP contribution is -2.32. The van der Waals surface area contributed by atoms with Gasteiger partial charge in [0.15, 0.2) is 0 Å². The second kappa shape index (κ2) is 7.96. The molecule has 0 spiro atoms. The van der Waals surface area contributed by atoms with Gasteiger partial charge in [-0.1, -0.05) is 0 Å². The van der Waals surface area contributed by atoms with Crippen molar-refractivity contribution >= 4 is 21.6 Å². The molecule has 1 heterocycles. The Bertz CT molecular complexity index is 758. The predicted octanol–water partition coefficient (Wildman–Crippen LogP) is 2.28. The van der Waals surface area contributed by atoms with Gasteiger partial charge in [0.2, 0.25) is 15.9 Å². The van der Waals surface area contributed by atoms with Crippen molar-refractivity contribution < 1.29 is 22.0 Å². The number of carbonyl (C=O) groups excluding carboxylic acids is 1. The van der Waals surface area contributed by atoms with Crippen molar-refractivity contribution in [2.75, 3.05) is 17.1 Å². The Kier molecular flexibility index (Phi) is 5.97. The summed E-state index contributed by atoms with van der Waals surface area (Å²) in [5.74, 6) is 0.0101. The summed E-state index contributed by atoms with van der Waals surface area (Å²) in [5.41, 5.74) is 0.370. The topological polar surface area (TPSA) is 79.6 Å². The maximum absolute atomic E-state index is 13.0. The van der Waals surface area contributed by atoms with Gasteiger partial charge in [-0.05, 0) is 42.8 Å². The number of nitrogens with zero attached hydrogens (tertiary/aromatic N) is 1. The van der Waals surface area contributed by atoms with Gasteiger partial charge >= 0.3 is 0 Å². The summed E-state index contributed by atoms with van der Waals surface area (Å²) in [5, 5.41) is 2.69. The highest BCUT2D eigenvalue weighted by atomic mass is 32.2. The van der Waals surface area contributed by atoms with E-state index in [-0.39, 0.29) is 18.9 Å². The lowest BCUT2D eigenvalue weighted by molar-refractivity contribution is -0.121. The van der Waals surface area contributed by atoms with Gasteiger partial charge in [0.25, 0.3) is 0 Å². The van der Waals surface area contributed by atoms with Gasteiger partial charge in [0.1, 0.15) is 11.6 Å². The van der Waals surface area contributed by atoms with E-state index in [4.69, 9.17) is 4.42 Å². The van der Waals surface area contributed by atoms with Crippen LogP contribution >= 0.6 is 0 Å². The highest BCUT2D eigenvalue weighted by molar-refractivity contribution is 7.92. The van der Waals surface area contributed by atoms with E-state index in [1.807, 2.05) is 0 Å². The minimum absolute atomic E-state index is 0.138. The van der Waals surface area contributed by atoms with Crippen LogP contribution in [-0.2, 0) is 21.4 Å². The molecule has 0 saturated carbocycles. The van der Waals surface area contributed by atoms with Crippen LogP contribution in [0.1, 0.15) is 18.6 Å². The third-order valence-corrected chi connectivity index (χ3v) is 4.51. The van der Waals surface area contributed by atoms with E-state index >= 15 is 0 Å². The fourth-order valence-electron chi connectivity index (χ4n) is 2.16. The molecule has 0 fully saturated rings. The van der Waals surface area contributed by atoms with E-state index in [9.17, 15) is 17.6 Å². The zero-order valence-corrected chi connectivity index (χ0v) is 14.1. The van der Waals surface area contributed by atoms with Gasteiger partial charge in [0, 0.05) is 13.0 Å². The van der Waals surface area contributed by atoms with E-state index in [1.54, 1.807) is 12.1 Å². The average Bonchev–Trinajstić information content (AvgIpc) is 3.03. The number of rotatable bonds is 8. The quantitative estimate of drug-likeness (QED) is 0.789.